The average Bonchev–Trinajstić information content (AvgIpc) is 2.78. The average molecular weight is 591 g/mol. The van der Waals surface area contributed by atoms with Crippen LogP contribution in [0.1, 0.15) is 96.5 Å². The second-order valence-corrected chi connectivity index (χ2v) is 24.0. The molecule has 1 aromatic carbocycles. The molecule has 1 aliphatic rings. The Morgan fingerprint density at radius 2 is 1.68 bits per heavy atom. The van der Waals surface area contributed by atoms with Gasteiger partial charge < -0.3 is 18.7 Å². The summed E-state index contributed by atoms with van der Waals surface area (Å²) in [5, 5.41) is 9.21. The molecule has 1 aliphatic heterocycles. The maximum atomic E-state index is 14.0. The van der Waals surface area contributed by atoms with Crippen molar-refractivity contribution < 1.29 is 28.3 Å². The van der Waals surface area contributed by atoms with E-state index in [-0.39, 0.29) is 22.1 Å². The van der Waals surface area contributed by atoms with Crippen LogP contribution in [0.3, 0.4) is 0 Å². The van der Waals surface area contributed by atoms with E-state index in [1.807, 2.05) is 18.2 Å². The highest BCUT2D eigenvalue weighted by Crippen LogP contribution is 2.41. The number of ether oxygens (including phenoxy) is 1. The number of hydrogen-bond acceptors (Lipinski definition) is 5. The fourth-order valence-electron chi connectivity index (χ4n) is 4.43. The lowest BCUT2D eigenvalue weighted by molar-refractivity contribution is -0.131. The molecule has 0 fully saturated rings. The van der Waals surface area contributed by atoms with Gasteiger partial charge in [-0.05, 0) is 73.1 Å². The van der Waals surface area contributed by atoms with Crippen LogP contribution in [0.4, 0.5) is 0 Å². The molecule has 1 N–H and O–H groups in total. The van der Waals surface area contributed by atoms with Crippen molar-refractivity contribution in [2.24, 2.45) is 5.92 Å². The summed E-state index contributed by atoms with van der Waals surface area (Å²) >= 11 is 0. The van der Waals surface area contributed by atoms with Gasteiger partial charge in [-0.25, -0.2) is 9.59 Å². The predicted octanol–water partition coefficient (Wildman–Crippen LogP) is 8.77. The third-order valence-electron chi connectivity index (χ3n) is 9.16. The number of fused-ring (bicyclic) bond motifs is 1. The van der Waals surface area contributed by atoms with Gasteiger partial charge in [-0.2, -0.15) is 0 Å². The maximum absolute atomic E-state index is 14.0. The van der Waals surface area contributed by atoms with Gasteiger partial charge in [0.05, 0.1) is 6.10 Å². The van der Waals surface area contributed by atoms with E-state index in [4.69, 9.17) is 13.6 Å². The first-order valence-corrected chi connectivity index (χ1v) is 20.7. The standard InChI is InChI=1S/C32H54O6Si2/c1-23-16-12-13-17-24-18-14-20-26(37-39(8,9)31(2,3)4)29(24)30(35)36-25(19-15-21-28(33)34)22-27(23)38-40(10,11)32(5,6)7/h14-15,18,20-21,23,25,27H,12-13,16-17,19,22H2,1-11H3,(H,33,34)/t23-,25?,27+/m0/s1. The summed E-state index contributed by atoms with van der Waals surface area (Å²) in [6.45, 7) is 24.3. The second kappa shape index (κ2) is 13.4. The highest BCUT2D eigenvalue weighted by Gasteiger charge is 2.42. The van der Waals surface area contributed by atoms with Gasteiger partial charge in [0.25, 0.3) is 8.32 Å². The van der Waals surface area contributed by atoms with Crippen LogP contribution >= 0.6 is 0 Å². The number of carbonyl (C=O) groups is 2. The Labute approximate surface area is 245 Å². The lowest BCUT2D eigenvalue weighted by atomic mass is 9.91. The highest BCUT2D eigenvalue weighted by atomic mass is 28.4. The fourth-order valence-corrected chi connectivity index (χ4v) is 6.90. The summed E-state index contributed by atoms with van der Waals surface area (Å²) in [5.41, 5.74) is 1.46. The van der Waals surface area contributed by atoms with Crippen LogP contribution in [0.25, 0.3) is 0 Å². The molecule has 0 spiro atoms. The maximum Gasteiger partial charge on any atom is 0.342 e. The van der Waals surface area contributed by atoms with Crippen molar-refractivity contribution in [2.75, 3.05) is 0 Å². The molecular weight excluding hydrogens is 537 g/mol. The number of benzene rings is 1. The van der Waals surface area contributed by atoms with Crippen molar-refractivity contribution in [3.05, 3.63) is 41.5 Å². The molecule has 6 nitrogen and oxygen atoms in total. The van der Waals surface area contributed by atoms with Crippen molar-refractivity contribution in [1.82, 2.24) is 0 Å². The first-order chi connectivity index (χ1) is 18.2. The SMILES string of the molecule is C[C@H]1CCCCc2cccc(O[Si](C)(C)C(C)(C)C)c2C(=O)OC(CC=CC(=O)O)C[C@H]1O[Si](C)(C)C(C)(C)C. The normalized spacial score (nSPS) is 22.2. The molecule has 1 aromatic rings. The molecule has 0 saturated heterocycles. The van der Waals surface area contributed by atoms with Gasteiger partial charge >= 0.3 is 11.9 Å². The lowest BCUT2D eigenvalue weighted by Gasteiger charge is -2.42. The van der Waals surface area contributed by atoms with Crippen LogP contribution < -0.4 is 4.43 Å². The number of carbonyl (C=O) groups excluding carboxylic acids is 1. The molecule has 0 aromatic heterocycles. The van der Waals surface area contributed by atoms with Crippen LogP contribution in [0.2, 0.25) is 36.3 Å². The molecule has 0 bridgehead atoms. The molecule has 8 heteroatoms. The third-order valence-corrected chi connectivity index (χ3v) is 18.0. The lowest BCUT2D eigenvalue weighted by Crippen LogP contribution is -2.46. The van der Waals surface area contributed by atoms with E-state index < -0.39 is 34.7 Å². The molecule has 0 radical (unpaired) electrons. The Morgan fingerprint density at radius 3 is 2.25 bits per heavy atom. The predicted molar refractivity (Wildman–Crippen MR) is 168 cm³/mol. The minimum Gasteiger partial charge on any atom is -0.543 e. The quantitative estimate of drug-likeness (QED) is 0.194. The Hall–Kier alpha value is -1.91. The van der Waals surface area contributed by atoms with Crippen molar-refractivity contribution in [1.29, 1.82) is 0 Å². The van der Waals surface area contributed by atoms with Gasteiger partial charge in [-0.1, -0.05) is 73.1 Å². The number of aliphatic carboxylic acids is 1. The molecule has 226 valence electrons. The number of carboxylic acids is 1. The van der Waals surface area contributed by atoms with Crippen molar-refractivity contribution in [3.8, 4) is 5.75 Å². The Bertz CT molecular complexity index is 1050. The van der Waals surface area contributed by atoms with Crippen LogP contribution in [0.5, 0.6) is 5.75 Å². The summed E-state index contributed by atoms with van der Waals surface area (Å²) in [7, 11) is -4.32. The Kier molecular flexibility index (Phi) is 11.5. The van der Waals surface area contributed by atoms with Crippen molar-refractivity contribution in [3.63, 3.8) is 0 Å². The molecule has 1 unspecified atom stereocenters. The molecule has 40 heavy (non-hydrogen) atoms. The zero-order valence-corrected chi connectivity index (χ0v) is 28.8. The first-order valence-electron chi connectivity index (χ1n) is 14.8. The van der Waals surface area contributed by atoms with E-state index in [1.165, 1.54) is 0 Å². The molecule has 0 aliphatic carbocycles. The third kappa shape index (κ3) is 9.31. The smallest absolute Gasteiger partial charge is 0.342 e. The molecule has 0 saturated carbocycles. The van der Waals surface area contributed by atoms with Crippen LogP contribution in [-0.4, -0.2) is 45.9 Å². The van der Waals surface area contributed by atoms with Crippen molar-refractivity contribution >= 4 is 28.6 Å². The highest BCUT2D eigenvalue weighted by molar-refractivity contribution is 6.75. The second-order valence-electron chi connectivity index (χ2n) is 14.5. The number of carboxylic acid groups (broad SMARTS) is 1. The number of esters is 1. The van der Waals surface area contributed by atoms with Gasteiger partial charge in [0.15, 0.2) is 8.32 Å². The summed E-state index contributed by atoms with van der Waals surface area (Å²) in [6, 6.07) is 5.86. The van der Waals surface area contributed by atoms with Crippen molar-refractivity contribution in [2.45, 2.75) is 135 Å². The van der Waals surface area contributed by atoms with E-state index in [2.05, 4.69) is 74.7 Å². The fraction of sp³-hybridized carbons (Fsp3) is 0.688. The summed E-state index contributed by atoms with van der Waals surface area (Å²) in [5.74, 6) is -0.547. The summed E-state index contributed by atoms with van der Waals surface area (Å²) in [6.07, 6.45) is 6.70. The molecule has 1 heterocycles. The van der Waals surface area contributed by atoms with Gasteiger partial charge in [0.1, 0.15) is 17.4 Å². The molecular formula is C32H54O6Si2. The first kappa shape index (κ1) is 34.3. The van der Waals surface area contributed by atoms with Gasteiger partial charge in [-0.3, -0.25) is 0 Å². The van der Waals surface area contributed by atoms with E-state index in [9.17, 15) is 14.7 Å². The zero-order valence-electron chi connectivity index (χ0n) is 26.8. The van der Waals surface area contributed by atoms with E-state index in [0.29, 0.717) is 24.2 Å². The van der Waals surface area contributed by atoms with E-state index in [1.54, 1.807) is 6.08 Å². The number of aryl methyl sites for hydroxylation is 1. The summed E-state index contributed by atoms with van der Waals surface area (Å²) in [4.78, 5) is 25.2. The number of hydrogen-bond donors (Lipinski definition) is 1. The molecule has 2 rings (SSSR count). The monoisotopic (exact) mass is 590 g/mol. The van der Waals surface area contributed by atoms with Gasteiger partial charge in [0, 0.05) is 18.9 Å². The van der Waals surface area contributed by atoms with E-state index in [0.717, 1.165) is 37.3 Å². The largest absolute Gasteiger partial charge is 0.543 e. The topological polar surface area (TPSA) is 82.1 Å². The van der Waals surface area contributed by atoms with Gasteiger partial charge in [-0.15, -0.1) is 0 Å². The minimum atomic E-state index is -2.22. The van der Waals surface area contributed by atoms with Crippen LogP contribution in [-0.2, 0) is 20.4 Å². The number of rotatable bonds is 7. The minimum absolute atomic E-state index is 0.0282. The van der Waals surface area contributed by atoms with Crippen LogP contribution in [0, 0.1) is 5.92 Å². The molecule has 3 atom stereocenters. The molecule has 0 amide bonds. The van der Waals surface area contributed by atoms with E-state index >= 15 is 0 Å². The summed E-state index contributed by atoms with van der Waals surface area (Å²) < 4.78 is 19.9. The van der Waals surface area contributed by atoms with Crippen LogP contribution in [0.15, 0.2) is 30.4 Å². The number of cyclic esters (lactones) is 1. The Morgan fingerprint density at radius 1 is 1.05 bits per heavy atom. The Balaban J connectivity index is 2.53. The zero-order chi connectivity index (χ0) is 30.5. The van der Waals surface area contributed by atoms with Gasteiger partial charge in [0.2, 0.25) is 0 Å².